The van der Waals surface area contributed by atoms with Gasteiger partial charge in [0.25, 0.3) is 0 Å². The van der Waals surface area contributed by atoms with Crippen LogP contribution in [0.4, 0.5) is 5.69 Å². The van der Waals surface area contributed by atoms with Gasteiger partial charge in [-0.05, 0) is 57.6 Å². The van der Waals surface area contributed by atoms with Crippen molar-refractivity contribution in [2.75, 3.05) is 25.5 Å². The van der Waals surface area contributed by atoms with Crippen LogP contribution in [0.25, 0.3) is 0 Å². The predicted octanol–water partition coefficient (Wildman–Crippen LogP) is 2.20. The van der Waals surface area contributed by atoms with E-state index in [0.717, 1.165) is 37.2 Å². The number of rotatable bonds is 3. The molecule has 4 nitrogen and oxygen atoms in total. The minimum absolute atomic E-state index is 0.361. The quantitative estimate of drug-likeness (QED) is 0.861. The molecule has 1 aromatic rings. The highest BCUT2D eigenvalue weighted by atomic mass is 16.4. The summed E-state index contributed by atoms with van der Waals surface area (Å²) in [7, 11) is 2.12. The molecule has 2 N–H and O–H groups in total. The third kappa shape index (κ3) is 3.01. The Hall–Kier alpha value is -1.55. The van der Waals surface area contributed by atoms with Gasteiger partial charge in [-0.15, -0.1) is 0 Å². The number of aromatic carboxylic acids is 1. The van der Waals surface area contributed by atoms with Crippen LogP contribution in [0.15, 0.2) is 18.2 Å². The molecule has 0 bridgehead atoms. The van der Waals surface area contributed by atoms with Crippen LogP contribution in [-0.4, -0.2) is 42.2 Å². The fourth-order valence-electron chi connectivity index (χ4n) is 2.34. The van der Waals surface area contributed by atoms with Gasteiger partial charge in [-0.3, -0.25) is 0 Å². The molecule has 0 amide bonds. The SMILES string of the molecule is Cc1ccc(C(=O)O)c(NC2CCN(C)CC2)c1. The molecule has 18 heavy (non-hydrogen) atoms. The summed E-state index contributed by atoms with van der Waals surface area (Å²) >= 11 is 0. The summed E-state index contributed by atoms with van der Waals surface area (Å²) in [4.78, 5) is 13.5. The lowest BCUT2D eigenvalue weighted by atomic mass is 10.0. The molecule has 0 radical (unpaired) electrons. The normalized spacial score (nSPS) is 17.7. The number of hydrogen-bond acceptors (Lipinski definition) is 3. The zero-order valence-electron chi connectivity index (χ0n) is 10.9. The second kappa shape index (κ2) is 5.40. The number of nitrogens with zero attached hydrogens (tertiary/aromatic N) is 1. The maximum atomic E-state index is 11.2. The summed E-state index contributed by atoms with van der Waals surface area (Å²) in [5, 5.41) is 12.6. The molecule has 1 heterocycles. The van der Waals surface area contributed by atoms with Gasteiger partial charge in [0.1, 0.15) is 0 Å². The Morgan fingerprint density at radius 3 is 2.67 bits per heavy atom. The highest BCUT2D eigenvalue weighted by Crippen LogP contribution is 2.21. The van der Waals surface area contributed by atoms with Gasteiger partial charge in [-0.25, -0.2) is 4.79 Å². The highest BCUT2D eigenvalue weighted by molar-refractivity contribution is 5.94. The van der Waals surface area contributed by atoms with Crippen LogP contribution in [0, 0.1) is 6.92 Å². The number of carbonyl (C=O) groups is 1. The summed E-state index contributed by atoms with van der Waals surface area (Å²) in [6.07, 6.45) is 2.12. The zero-order valence-corrected chi connectivity index (χ0v) is 10.9. The van der Waals surface area contributed by atoms with Crippen LogP contribution in [0.2, 0.25) is 0 Å². The van der Waals surface area contributed by atoms with Crippen LogP contribution in [0.3, 0.4) is 0 Å². The van der Waals surface area contributed by atoms with E-state index >= 15 is 0 Å². The molecule has 2 rings (SSSR count). The van der Waals surface area contributed by atoms with Crippen molar-refractivity contribution in [3.63, 3.8) is 0 Å². The van der Waals surface area contributed by atoms with Gasteiger partial charge < -0.3 is 15.3 Å². The van der Waals surface area contributed by atoms with Gasteiger partial charge in [0.15, 0.2) is 0 Å². The summed E-state index contributed by atoms with van der Waals surface area (Å²) < 4.78 is 0. The number of aryl methyl sites for hydroxylation is 1. The Kier molecular flexibility index (Phi) is 3.87. The first kappa shape index (κ1) is 12.9. The van der Waals surface area contributed by atoms with E-state index in [1.54, 1.807) is 6.07 Å². The minimum atomic E-state index is -0.870. The summed E-state index contributed by atoms with van der Waals surface area (Å²) in [5.41, 5.74) is 2.19. The molecule has 1 aliphatic heterocycles. The lowest BCUT2D eigenvalue weighted by Gasteiger charge is -2.30. The van der Waals surface area contributed by atoms with Crippen molar-refractivity contribution in [2.24, 2.45) is 0 Å². The Morgan fingerprint density at radius 1 is 1.39 bits per heavy atom. The zero-order chi connectivity index (χ0) is 13.1. The van der Waals surface area contributed by atoms with E-state index in [0.29, 0.717) is 11.6 Å². The molecular formula is C14H20N2O2. The highest BCUT2D eigenvalue weighted by Gasteiger charge is 2.18. The fourth-order valence-corrected chi connectivity index (χ4v) is 2.34. The molecule has 0 aliphatic carbocycles. The first-order valence-corrected chi connectivity index (χ1v) is 6.35. The van der Waals surface area contributed by atoms with Crippen molar-refractivity contribution in [2.45, 2.75) is 25.8 Å². The second-order valence-corrected chi connectivity index (χ2v) is 5.08. The van der Waals surface area contributed by atoms with Gasteiger partial charge in [-0.2, -0.15) is 0 Å². The number of nitrogens with one attached hydrogen (secondary N) is 1. The number of carboxylic acids is 1. The topological polar surface area (TPSA) is 52.6 Å². The predicted molar refractivity (Wildman–Crippen MR) is 72.3 cm³/mol. The molecule has 0 aromatic heterocycles. The molecule has 1 aliphatic rings. The van der Waals surface area contributed by atoms with Crippen molar-refractivity contribution in [3.8, 4) is 0 Å². The fraction of sp³-hybridized carbons (Fsp3) is 0.500. The van der Waals surface area contributed by atoms with Crippen molar-refractivity contribution >= 4 is 11.7 Å². The number of carboxylic acid groups (broad SMARTS) is 1. The molecule has 0 unspecified atom stereocenters. The minimum Gasteiger partial charge on any atom is -0.478 e. The monoisotopic (exact) mass is 248 g/mol. The summed E-state index contributed by atoms with van der Waals surface area (Å²) in [6.45, 7) is 4.10. The first-order valence-electron chi connectivity index (χ1n) is 6.35. The van der Waals surface area contributed by atoms with Gasteiger partial charge in [0.05, 0.1) is 5.56 Å². The van der Waals surface area contributed by atoms with Crippen molar-refractivity contribution < 1.29 is 9.90 Å². The summed E-state index contributed by atoms with van der Waals surface area (Å²) in [6, 6.07) is 5.81. The smallest absolute Gasteiger partial charge is 0.337 e. The van der Waals surface area contributed by atoms with E-state index in [-0.39, 0.29) is 0 Å². The molecule has 1 saturated heterocycles. The van der Waals surface area contributed by atoms with Crippen molar-refractivity contribution in [1.82, 2.24) is 4.90 Å². The largest absolute Gasteiger partial charge is 0.478 e. The van der Waals surface area contributed by atoms with Gasteiger partial charge in [-0.1, -0.05) is 6.07 Å². The Bertz CT molecular complexity index is 437. The number of benzene rings is 1. The Labute approximate surface area is 108 Å². The number of piperidine rings is 1. The molecule has 0 spiro atoms. The summed E-state index contributed by atoms with van der Waals surface area (Å²) in [5.74, 6) is -0.870. The number of hydrogen-bond donors (Lipinski definition) is 2. The van der Waals surface area contributed by atoms with E-state index < -0.39 is 5.97 Å². The molecule has 98 valence electrons. The lowest BCUT2D eigenvalue weighted by molar-refractivity contribution is 0.0698. The van der Waals surface area contributed by atoms with Gasteiger partial charge >= 0.3 is 5.97 Å². The van der Waals surface area contributed by atoms with Crippen LogP contribution in [0.5, 0.6) is 0 Å². The standard InChI is InChI=1S/C14H20N2O2/c1-10-3-4-12(14(17)18)13(9-10)15-11-5-7-16(2)8-6-11/h3-4,9,11,15H,5-8H2,1-2H3,(H,17,18). The number of anilines is 1. The van der Waals surface area contributed by atoms with Crippen molar-refractivity contribution in [3.05, 3.63) is 29.3 Å². The maximum absolute atomic E-state index is 11.2. The lowest BCUT2D eigenvalue weighted by Crippen LogP contribution is -2.37. The molecular weight excluding hydrogens is 228 g/mol. The second-order valence-electron chi connectivity index (χ2n) is 5.08. The van der Waals surface area contributed by atoms with Crippen LogP contribution >= 0.6 is 0 Å². The van der Waals surface area contributed by atoms with Crippen LogP contribution < -0.4 is 5.32 Å². The van der Waals surface area contributed by atoms with Gasteiger partial charge in [0, 0.05) is 11.7 Å². The molecule has 4 heteroatoms. The average Bonchev–Trinajstić information content (AvgIpc) is 2.32. The Balaban J connectivity index is 2.12. The van der Waals surface area contributed by atoms with E-state index in [9.17, 15) is 9.90 Å². The molecule has 1 aromatic carbocycles. The van der Waals surface area contributed by atoms with Gasteiger partial charge in [0.2, 0.25) is 0 Å². The van der Waals surface area contributed by atoms with Crippen molar-refractivity contribution in [1.29, 1.82) is 0 Å². The molecule has 0 saturated carbocycles. The van der Waals surface area contributed by atoms with Crippen LogP contribution in [0.1, 0.15) is 28.8 Å². The molecule has 1 fully saturated rings. The maximum Gasteiger partial charge on any atom is 0.337 e. The number of likely N-dealkylation sites (tertiary alicyclic amines) is 1. The molecule has 0 atom stereocenters. The third-order valence-electron chi connectivity index (χ3n) is 3.48. The van der Waals surface area contributed by atoms with E-state index in [1.165, 1.54) is 0 Å². The van der Waals surface area contributed by atoms with E-state index in [2.05, 4.69) is 17.3 Å². The van der Waals surface area contributed by atoms with E-state index in [4.69, 9.17) is 0 Å². The third-order valence-corrected chi connectivity index (χ3v) is 3.48. The Morgan fingerprint density at radius 2 is 2.06 bits per heavy atom. The van der Waals surface area contributed by atoms with Crippen LogP contribution in [-0.2, 0) is 0 Å². The van der Waals surface area contributed by atoms with E-state index in [1.807, 2.05) is 19.1 Å². The first-order chi connectivity index (χ1) is 8.56. The average molecular weight is 248 g/mol.